The Morgan fingerprint density at radius 2 is 1.83 bits per heavy atom. The summed E-state index contributed by atoms with van der Waals surface area (Å²) in [6.07, 6.45) is -5.02. The second-order valence-corrected chi connectivity index (χ2v) is 2.92. The number of hydrogen-bond acceptors (Lipinski definition) is 2. The molecule has 2 rings (SSSR count). The van der Waals surface area contributed by atoms with Gasteiger partial charge in [-0.05, 0) is 0 Å². The second kappa shape index (κ2) is 2.12. The molecule has 2 heterocycles. The van der Waals surface area contributed by atoms with E-state index in [1.54, 1.807) is 0 Å². The van der Waals surface area contributed by atoms with Crippen molar-refractivity contribution in [1.82, 2.24) is 4.90 Å². The third-order valence-corrected chi connectivity index (χ3v) is 2.02. The molecule has 2 aliphatic heterocycles. The van der Waals surface area contributed by atoms with Crippen LogP contribution in [-0.4, -0.2) is 42.3 Å². The zero-order valence-corrected chi connectivity index (χ0v) is 5.97. The highest BCUT2D eigenvalue weighted by atomic mass is 19.4. The number of epoxide rings is 1. The van der Waals surface area contributed by atoms with Gasteiger partial charge in [-0.1, -0.05) is 0 Å². The van der Waals surface area contributed by atoms with E-state index in [1.807, 2.05) is 0 Å². The maximum Gasteiger partial charge on any atom is 0.471 e. The molecule has 0 radical (unpaired) electrons. The molecule has 2 atom stereocenters. The van der Waals surface area contributed by atoms with Crippen molar-refractivity contribution < 1.29 is 22.7 Å². The van der Waals surface area contributed by atoms with E-state index < -0.39 is 12.1 Å². The number of alkyl halides is 3. The van der Waals surface area contributed by atoms with E-state index >= 15 is 0 Å². The van der Waals surface area contributed by atoms with Gasteiger partial charge in [-0.3, -0.25) is 4.79 Å². The van der Waals surface area contributed by atoms with E-state index in [4.69, 9.17) is 4.74 Å². The van der Waals surface area contributed by atoms with E-state index in [0.717, 1.165) is 4.90 Å². The van der Waals surface area contributed by atoms with Crippen molar-refractivity contribution in [2.75, 3.05) is 13.1 Å². The lowest BCUT2D eigenvalue weighted by Crippen LogP contribution is -2.41. The van der Waals surface area contributed by atoms with E-state index in [2.05, 4.69) is 0 Å². The van der Waals surface area contributed by atoms with Crippen LogP contribution in [0.1, 0.15) is 0 Å². The summed E-state index contributed by atoms with van der Waals surface area (Å²) in [5.41, 5.74) is 0. The molecule has 2 saturated heterocycles. The van der Waals surface area contributed by atoms with E-state index in [1.165, 1.54) is 0 Å². The molecule has 0 saturated carbocycles. The van der Waals surface area contributed by atoms with Crippen molar-refractivity contribution in [2.45, 2.75) is 18.4 Å². The Bertz CT molecular complexity index is 217. The SMILES string of the molecule is O=C(N1CC2OC2C1)C(F)(F)F. The Morgan fingerprint density at radius 3 is 2.25 bits per heavy atom. The minimum absolute atomic E-state index is 0.0863. The molecule has 1 amide bonds. The number of ether oxygens (including phenoxy) is 1. The van der Waals surface area contributed by atoms with Crippen LogP contribution in [-0.2, 0) is 9.53 Å². The Hall–Kier alpha value is -0.780. The van der Waals surface area contributed by atoms with Gasteiger partial charge in [0, 0.05) is 13.1 Å². The zero-order valence-electron chi connectivity index (χ0n) is 5.97. The second-order valence-electron chi connectivity index (χ2n) is 2.92. The van der Waals surface area contributed by atoms with Crippen LogP contribution >= 0.6 is 0 Å². The number of amides is 1. The molecule has 0 bridgehead atoms. The lowest BCUT2D eigenvalue weighted by Gasteiger charge is -2.18. The third-order valence-electron chi connectivity index (χ3n) is 2.02. The Kier molecular flexibility index (Phi) is 1.39. The van der Waals surface area contributed by atoms with Crippen molar-refractivity contribution in [3.63, 3.8) is 0 Å². The highest BCUT2D eigenvalue weighted by Crippen LogP contribution is 2.32. The summed E-state index contributed by atoms with van der Waals surface area (Å²) in [7, 11) is 0. The summed E-state index contributed by atoms with van der Waals surface area (Å²) in [4.78, 5) is 11.4. The van der Waals surface area contributed by atoms with Gasteiger partial charge in [-0.15, -0.1) is 0 Å². The molecule has 2 aliphatic rings. The van der Waals surface area contributed by atoms with Crippen molar-refractivity contribution in [1.29, 1.82) is 0 Å². The smallest absolute Gasteiger partial charge is 0.366 e. The van der Waals surface area contributed by atoms with Gasteiger partial charge in [0.05, 0.1) is 0 Å². The molecule has 6 heteroatoms. The molecule has 3 nitrogen and oxygen atoms in total. The predicted molar refractivity (Wildman–Crippen MR) is 31.3 cm³/mol. The molecule has 0 aliphatic carbocycles. The number of morpholine rings is 1. The molecule has 2 fully saturated rings. The van der Waals surface area contributed by atoms with Crippen LogP contribution in [0.15, 0.2) is 0 Å². The molecule has 2 unspecified atom stereocenters. The number of halogens is 3. The number of carbonyl (C=O) groups excluding carboxylic acids is 1. The van der Waals surface area contributed by atoms with Crippen LogP contribution in [0.4, 0.5) is 13.2 Å². The average molecular weight is 181 g/mol. The van der Waals surface area contributed by atoms with Gasteiger partial charge >= 0.3 is 12.1 Å². The fourth-order valence-electron chi connectivity index (χ4n) is 1.35. The Balaban J connectivity index is 1.97. The van der Waals surface area contributed by atoms with Crippen LogP contribution in [0.2, 0.25) is 0 Å². The number of rotatable bonds is 0. The quantitative estimate of drug-likeness (QED) is 0.498. The zero-order chi connectivity index (χ0) is 8.93. The molecular weight excluding hydrogens is 175 g/mol. The normalized spacial score (nSPS) is 33.4. The fourth-order valence-corrected chi connectivity index (χ4v) is 1.35. The average Bonchev–Trinajstić information content (AvgIpc) is 2.56. The van der Waals surface area contributed by atoms with Crippen LogP contribution in [0, 0.1) is 0 Å². The van der Waals surface area contributed by atoms with Gasteiger partial charge in [0.2, 0.25) is 0 Å². The van der Waals surface area contributed by atoms with Crippen LogP contribution in [0.5, 0.6) is 0 Å². The number of fused-ring (bicyclic) bond motifs is 1. The number of carbonyl (C=O) groups is 1. The Labute approximate surface area is 66.1 Å². The van der Waals surface area contributed by atoms with Gasteiger partial charge in [-0.25, -0.2) is 0 Å². The molecule has 12 heavy (non-hydrogen) atoms. The summed E-state index contributed by atoms with van der Waals surface area (Å²) in [5.74, 6) is -1.75. The minimum Gasteiger partial charge on any atom is -0.366 e. The first-order valence-electron chi connectivity index (χ1n) is 3.50. The van der Waals surface area contributed by atoms with E-state index in [9.17, 15) is 18.0 Å². The predicted octanol–water partition coefficient (Wildman–Crippen LogP) is 0.158. The van der Waals surface area contributed by atoms with Crippen molar-refractivity contribution in [3.05, 3.63) is 0 Å². The largest absolute Gasteiger partial charge is 0.471 e. The highest BCUT2D eigenvalue weighted by Gasteiger charge is 2.53. The summed E-state index contributed by atoms with van der Waals surface area (Å²) in [5, 5.41) is 0. The first-order valence-corrected chi connectivity index (χ1v) is 3.50. The first kappa shape index (κ1) is 7.85. The van der Waals surface area contributed by atoms with Gasteiger partial charge < -0.3 is 9.64 Å². The molecule has 0 N–H and O–H groups in total. The summed E-state index contributed by atoms with van der Waals surface area (Å²) in [6.45, 7) is 0.173. The van der Waals surface area contributed by atoms with Gasteiger partial charge in [-0.2, -0.15) is 13.2 Å². The van der Waals surface area contributed by atoms with Crippen LogP contribution in [0.25, 0.3) is 0 Å². The topological polar surface area (TPSA) is 32.8 Å². The summed E-state index contributed by atoms with van der Waals surface area (Å²) >= 11 is 0. The van der Waals surface area contributed by atoms with Crippen LogP contribution in [0.3, 0.4) is 0 Å². The lowest BCUT2D eigenvalue weighted by atomic mass is 10.4. The summed E-state index contributed by atoms with van der Waals surface area (Å²) < 4.78 is 40.3. The molecule has 0 spiro atoms. The highest BCUT2D eigenvalue weighted by molar-refractivity contribution is 5.82. The van der Waals surface area contributed by atoms with Crippen molar-refractivity contribution in [3.8, 4) is 0 Å². The van der Waals surface area contributed by atoms with Gasteiger partial charge in [0.25, 0.3) is 0 Å². The Morgan fingerprint density at radius 1 is 1.33 bits per heavy atom. The van der Waals surface area contributed by atoms with Crippen molar-refractivity contribution >= 4 is 5.91 Å². The van der Waals surface area contributed by atoms with Gasteiger partial charge in [0.15, 0.2) is 0 Å². The van der Waals surface area contributed by atoms with Crippen molar-refractivity contribution in [2.24, 2.45) is 0 Å². The fraction of sp³-hybridized carbons (Fsp3) is 0.833. The molecule has 68 valence electrons. The number of hydrogen-bond donors (Lipinski definition) is 0. The maximum absolute atomic E-state index is 11.8. The molecule has 0 aromatic rings. The molecular formula is C6H6F3NO2. The first-order chi connectivity index (χ1) is 5.48. The van der Waals surface area contributed by atoms with E-state index in [0.29, 0.717) is 0 Å². The monoisotopic (exact) mass is 181 g/mol. The standard InChI is InChI=1S/C6H6F3NO2/c7-6(8,9)5(11)10-1-3-4(2-10)12-3/h3-4H,1-2H2. The van der Waals surface area contributed by atoms with E-state index in [-0.39, 0.29) is 25.3 Å². The van der Waals surface area contributed by atoms with Gasteiger partial charge in [0.1, 0.15) is 12.2 Å². The lowest BCUT2D eigenvalue weighted by molar-refractivity contribution is -0.185. The minimum atomic E-state index is -4.74. The molecule has 0 aromatic carbocycles. The number of nitrogens with zero attached hydrogens (tertiary/aromatic N) is 1. The summed E-state index contributed by atoms with van der Waals surface area (Å²) in [6, 6.07) is 0. The maximum atomic E-state index is 11.8. The third kappa shape index (κ3) is 1.16. The number of likely N-dealkylation sites (tertiary alicyclic amines) is 1. The van der Waals surface area contributed by atoms with Crippen LogP contribution < -0.4 is 0 Å². The molecule has 0 aromatic heterocycles.